The van der Waals surface area contributed by atoms with Crippen LogP contribution in [-0.4, -0.2) is 44.8 Å². The number of hydrazine groups is 1. The zero-order chi connectivity index (χ0) is 19.4. The molecule has 0 spiro atoms. The maximum atomic E-state index is 12.6. The van der Waals surface area contributed by atoms with E-state index in [0.717, 1.165) is 42.5 Å². The fourth-order valence-electron chi connectivity index (χ4n) is 3.43. The Bertz CT molecular complexity index is 822. The zero-order valence-electron chi connectivity index (χ0n) is 15.7. The van der Waals surface area contributed by atoms with Gasteiger partial charge in [-0.15, -0.1) is 11.6 Å². The molecular formula is C19H26ClN5O2. The number of imidazole rings is 1. The second-order valence-electron chi connectivity index (χ2n) is 6.84. The number of fused-ring (bicyclic) bond motifs is 1. The van der Waals surface area contributed by atoms with E-state index in [2.05, 4.69) is 22.7 Å². The van der Waals surface area contributed by atoms with Crippen LogP contribution in [-0.2, 0) is 22.7 Å². The van der Waals surface area contributed by atoms with Gasteiger partial charge in [0, 0.05) is 0 Å². The normalized spacial score (nSPS) is 19.4. The average molecular weight is 392 g/mol. The van der Waals surface area contributed by atoms with E-state index in [1.54, 1.807) is 0 Å². The highest BCUT2D eigenvalue weighted by Gasteiger charge is 2.46. The van der Waals surface area contributed by atoms with Crippen molar-refractivity contribution in [1.82, 2.24) is 25.3 Å². The summed E-state index contributed by atoms with van der Waals surface area (Å²) in [5, 5.41) is 3.92. The quantitative estimate of drug-likeness (QED) is 0.390. The van der Waals surface area contributed by atoms with Gasteiger partial charge < -0.3 is 9.88 Å². The number of carbonyl (C=O) groups is 2. The smallest absolute Gasteiger partial charge is 0.261 e. The van der Waals surface area contributed by atoms with E-state index in [0.29, 0.717) is 6.54 Å². The predicted molar refractivity (Wildman–Crippen MR) is 105 cm³/mol. The second-order valence-corrected chi connectivity index (χ2v) is 7.31. The van der Waals surface area contributed by atoms with Gasteiger partial charge in [0.05, 0.1) is 23.6 Å². The fraction of sp³-hybridized carbons (Fsp3) is 0.526. The first-order valence-corrected chi connectivity index (χ1v) is 9.85. The molecule has 0 unspecified atom stereocenters. The lowest BCUT2D eigenvalue weighted by atomic mass is 9.97. The van der Waals surface area contributed by atoms with Crippen LogP contribution in [0.1, 0.15) is 38.4 Å². The van der Waals surface area contributed by atoms with Gasteiger partial charge in [-0.1, -0.05) is 38.3 Å². The van der Waals surface area contributed by atoms with Gasteiger partial charge in [0.2, 0.25) is 0 Å². The number of hydrogen-bond acceptors (Lipinski definition) is 4. The number of para-hydroxylation sites is 2. The van der Waals surface area contributed by atoms with Crippen molar-refractivity contribution in [3.63, 3.8) is 0 Å². The fourth-order valence-corrected chi connectivity index (χ4v) is 3.78. The van der Waals surface area contributed by atoms with Gasteiger partial charge in [-0.2, -0.15) is 0 Å². The van der Waals surface area contributed by atoms with E-state index >= 15 is 0 Å². The first-order chi connectivity index (χ1) is 13.1. The predicted octanol–water partition coefficient (Wildman–Crippen LogP) is 2.19. The molecule has 1 aliphatic rings. The first kappa shape index (κ1) is 19.6. The van der Waals surface area contributed by atoms with Crippen LogP contribution in [0.2, 0.25) is 0 Å². The Morgan fingerprint density at radius 2 is 2.07 bits per heavy atom. The minimum absolute atomic E-state index is 0.0932. The lowest BCUT2D eigenvalue weighted by Gasteiger charge is -2.43. The number of nitrogens with one attached hydrogen (secondary N) is 2. The number of benzene rings is 1. The van der Waals surface area contributed by atoms with Gasteiger partial charge >= 0.3 is 0 Å². The van der Waals surface area contributed by atoms with Crippen LogP contribution in [0.25, 0.3) is 11.0 Å². The van der Waals surface area contributed by atoms with Crippen molar-refractivity contribution in [3.8, 4) is 0 Å². The topological polar surface area (TPSA) is 79.3 Å². The van der Waals surface area contributed by atoms with Gasteiger partial charge in [0.1, 0.15) is 17.7 Å². The number of carbonyl (C=O) groups excluding carboxylic acids is 2. The van der Waals surface area contributed by atoms with Crippen molar-refractivity contribution in [1.29, 1.82) is 0 Å². The van der Waals surface area contributed by atoms with Crippen LogP contribution in [0.4, 0.5) is 0 Å². The number of rotatable bonds is 9. The lowest BCUT2D eigenvalue weighted by Crippen LogP contribution is -2.68. The Balaban J connectivity index is 1.69. The molecule has 2 atom stereocenters. The number of unbranched alkanes of at least 4 members (excludes halogenated alkanes) is 2. The maximum absolute atomic E-state index is 12.6. The van der Waals surface area contributed by atoms with E-state index in [9.17, 15) is 9.59 Å². The second kappa shape index (κ2) is 8.71. The van der Waals surface area contributed by atoms with E-state index in [-0.39, 0.29) is 24.4 Å². The largest absolute Gasteiger partial charge is 0.317 e. The number of alkyl halides is 1. The molecule has 7 nitrogen and oxygen atoms in total. The first-order valence-electron chi connectivity index (χ1n) is 9.42. The van der Waals surface area contributed by atoms with E-state index in [4.69, 9.17) is 11.6 Å². The van der Waals surface area contributed by atoms with Crippen LogP contribution in [0.5, 0.6) is 0 Å². The van der Waals surface area contributed by atoms with Gasteiger partial charge in [-0.05, 0) is 25.6 Å². The Hall–Kier alpha value is -2.12. The summed E-state index contributed by atoms with van der Waals surface area (Å²) < 4.78 is 1.87. The van der Waals surface area contributed by atoms with Crippen LogP contribution in [0.3, 0.4) is 0 Å². The number of amides is 2. The van der Waals surface area contributed by atoms with Gasteiger partial charge in [-0.25, -0.2) is 9.99 Å². The Kier molecular flexibility index (Phi) is 6.34. The molecule has 0 saturated carbocycles. The molecule has 146 valence electrons. The number of hydrogen-bond donors (Lipinski definition) is 2. The highest BCUT2D eigenvalue weighted by Crippen LogP contribution is 2.27. The summed E-state index contributed by atoms with van der Waals surface area (Å²) in [6.45, 7) is 2.77. The molecule has 3 rings (SSSR count). The molecule has 0 aliphatic carbocycles. The number of halogens is 1. The summed E-state index contributed by atoms with van der Waals surface area (Å²) in [4.78, 5) is 29.3. The van der Waals surface area contributed by atoms with Crippen molar-refractivity contribution < 1.29 is 9.59 Å². The molecule has 1 aliphatic heterocycles. The standard InChI is InChI=1S/C19H26ClN5O2/c1-3-4-5-10-15-18(20)19(27)25(15)23-17(26)12-24-14-9-7-6-8-13(14)22-16(24)11-21-2/h6-9,15,18,21H,3-5,10-12H2,1-2H3,(H,23,26)/t15-,18+/m1/s1. The Labute approximate surface area is 164 Å². The van der Waals surface area contributed by atoms with Crippen LogP contribution < -0.4 is 10.7 Å². The minimum atomic E-state index is -0.545. The Morgan fingerprint density at radius 3 is 2.81 bits per heavy atom. The van der Waals surface area contributed by atoms with E-state index < -0.39 is 5.38 Å². The molecule has 2 amide bonds. The average Bonchev–Trinajstić information content (AvgIpc) is 3.01. The van der Waals surface area contributed by atoms with Crippen molar-refractivity contribution in [2.24, 2.45) is 0 Å². The highest BCUT2D eigenvalue weighted by molar-refractivity contribution is 6.33. The Morgan fingerprint density at radius 1 is 1.30 bits per heavy atom. The molecule has 2 heterocycles. The van der Waals surface area contributed by atoms with Crippen molar-refractivity contribution in [3.05, 3.63) is 30.1 Å². The third kappa shape index (κ3) is 4.09. The number of nitrogens with zero attached hydrogens (tertiary/aromatic N) is 3. The zero-order valence-corrected chi connectivity index (χ0v) is 16.5. The molecule has 8 heteroatoms. The van der Waals surface area contributed by atoms with Gasteiger partial charge in [-0.3, -0.25) is 15.0 Å². The van der Waals surface area contributed by atoms with E-state index in [1.165, 1.54) is 5.01 Å². The van der Waals surface area contributed by atoms with Crippen LogP contribution in [0.15, 0.2) is 24.3 Å². The molecule has 0 radical (unpaired) electrons. The molecule has 27 heavy (non-hydrogen) atoms. The monoisotopic (exact) mass is 391 g/mol. The molecule has 2 aromatic rings. The van der Waals surface area contributed by atoms with Gasteiger partial charge in [0.15, 0.2) is 0 Å². The maximum Gasteiger partial charge on any atom is 0.261 e. The molecule has 1 saturated heterocycles. The molecule has 0 bridgehead atoms. The van der Waals surface area contributed by atoms with Crippen molar-refractivity contribution in [2.75, 3.05) is 7.05 Å². The lowest BCUT2D eigenvalue weighted by molar-refractivity contribution is -0.156. The SMILES string of the molecule is CCCCC[C@@H]1[C@H](Cl)C(=O)N1NC(=O)Cn1c(CNC)nc2ccccc21. The number of β-lactam (4-membered cyclic amide) rings is 1. The van der Waals surface area contributed by atoms with Gasteiger partial charge in [0.25, 0.3) is 11.8 Å². The molecular weight excluding hydrogens is 366 g/mol. The minimum Gasteiger partial charge on any atom is -0.317 e. The summed E-state index contributed by atoms with van der Waals surface area (Å²) >= 11 is 6.14. The van der Waals surface area contributed by atoms with Crippen LogP contribution >= 0.6 is 11.6 Å². The van der Waals surface area contributed by atoms with Crippen molar-refractivity contribution >= 4 is 34.4 Å². The highest BCUT2D eigenvalue weighted by atomic mass is 35.5. The van der Waals surface area contributed by atoms with Crippen LogP contribution in [0, 0.1) is 0 Å². The molecule has 1 fully saturated rings. The molecule has 1 aromatic heterocycles. The summed E-state index contributed by atoms with van der Waals surface area (Å²) in [5.74, 6) is 0.281. The third-order valence-corrected chi connectivity index (χ3v) is 5.34. The summed E-state index contributed by atoms with van der Waals surface area (Å²) in [6.07, 6.45) is 3.97. The number of aromatic nitrogens is 2. The third-order valence-electron chi connectivity index (χ3n) is 4.86. The summed E-state index contributed by atoms with van der Waals surface area (Å²) in [5.41, 5.74) is 4.47. The summed E-state index contributed by atoms with van der Waals surface area (Å²) in [7, 11) is 1.84. The molecule has 2 N–H and O–H groups in total. The van der Waals surface area contributed by atoms with Crippen molar-refractivity contribution in [2.45, 2.75) is 57.1 Å². The van der Waals surface area contributed by atoms with E-state index in [1.807, 2.05) is 35.9 Å². The summed E-state index contributed by atoms with van der Waals surface area (Å²) in [6, 6.07) is 7.56. The molecule has 1 aromatic carbocycles.